The summed E-state index contributed by atoms with van der Waals surface area (Å²) in [5.41, 5.74) is 3.51. The van der Waals surface area contributed by atoms with Gasteiger partial charge in [-0.1, -0.05) is 32.0 Å². The lowest BCUT2D eigenvalue weighted by molar-refractivity contribution is 0.317. The van der Waals surface area contributed by atoms with Crippen LogP contribution < -0.4 is 15.4 Å². The quantitative estimate of drug-likeness (QED) is 0.403. The summed E-state index contributed by atoms with van der Waals surface area (Å²) in [5, 5.41) is 11.1. The largest absolute Gasteiger partial charge is 0.491 e. The smallest absolute Gasteiger partial charge is 0.191 e. The SMILES string of the molecule is CN=C(NCCCn1nc(C)cc1C)NCCOc1ccccc1C(C)C. The topological polar surface area (TPSA) is 63.5 Å². The third-order valence-corrected chi connectivity index (χ3v) is 4.36. The van der Waals surface area contributed by atoms with E-state index in [0.717, 1.165) is 36.9 Å². The minimum absolute atomic E-state index is 0.450. The van der Waals surface area contributed by atoms with E-state index < -0.39 is 0 Å². The molecule has 2 N–H and O–H groups in total. The Morgan fingerprint density at radius 3 is 2.59 bits per heavy atom. The third-order valence-electron chi connectivity index (χ3n) is 4.36. The standard InChI is InChI=1S/C21H33N5O/c1-16(2)19-9-6-7-10-20(19)27-14-12-24-21(22-5)23-11-8-13-26-18(4)15-17(3)25-26/h6-7,9-10,15-16H,8,11-14H2,1-5H3,(H2,22,23,24). The molecule has 0 fully saturated rings. The second-order valence-electron chi connectivity index (χ2n) is 6.97. The average Bonchev–Trinajstić information content (AvgIpc) is 2.97. The Balaban J connectivity index is 1.66. The molecule has 0 aliphatic rings. The number of ether oxygens (including phenoxy) is 1. The van der Waals surface area contributed by atoms with Crippen LogP contribution >= 0.6 is 0 Å². The Morgan fingerprint density at radius 2 is 1.93 bits per heavy atom. The van der Waals surface area contributed by atoms with Crippen LogP contribution in [0.2, 0.25) is 0 Å². The van der Waals surface area contributed by atoms with Gasteiger partial charge < -0.3 is 15.4 Å². The second-order valence-corrected chi connectivity index (χ2v) is 6.97. The minimum atomic E-state index is 0.450. The first-order valence-corrected chi connectivity index (χ1v) is 9.68. The molecule has 0 unspecified atom stereocenters. The molecule has 0 radical (unpaired) electrons. The minimum Gasteiger partial charge on any atom is -0.491 e. The van der Waals surface area contributed by atoms with E-state index in [1.54, 1.807) is 7.05 Å². The first-order chi connectivity index (χ1) is 13.0. The first kappa shape index (κ1) is 20.8. The van der Waals surface area contributed by atoms with Gasteiger partial charge in [-0.3, -0.25) is 9.67 Å². The molecule has 1 aromatic carbocycles. The van der Waals surface area contributed by atoms with Crippen LogP contribution in [0.25, 0.3) is 0 Å². The lowest BCUT2D eigenvalue weighted by Crippen LogP contribution is -2.39. The molecule has 27 heavy (non-hydrogen) atoms. The van der Waals surface area contributed by atoms with E-state index in [4.69, 9.17) is 4.74 Å². The van der Waals surface area contributed by atoms with Gasteiger partial charge in [0.2, 0.25) is 0 Å². The van der Waals surface area contributed by atoms with Gasteiger partial charge in [0, 0.05) is 25.8 Å². The van der Waals surface area contributed by atoms with Crippen LogP contribution in [0.4, 0.5) is 0 Å². The molecule has 0 aliphatic carbocycles. The lowest BCUT2D eigenvalue weighted by atomic mass is 10.0. The first-order valence-electron chi connectivity index (χ1n) is 9.68. The molecule has 0 saturated carbocycles. The number of para-hydroxylation sites is 1. The van der Waals surface area contributed by atoms with Crippen molar-refractivity contribution in [2.24, 2.45) is 4.99 Å². The van der Waals surface area contributed by atoms with Crippen LogP contribution in [-0.2, 0) is 6.54 Å². The Kier molecular flexibility index (Phi) is 8.17. The second kappa shape index (κ2) is 10.6. The van der Waals surface area contributed by atoms with Gasteiger partial charge in [-0.15, -0.1) is 0 Å². The molecule has 1 heterocycles. The van der Waals surface area contributed by atoms with Crippen LogP contribution in [0.15, 0.2) is 35.3 Å². The Morgan fingerprint density at radius 1 is 1.19 bits per heavy atom. The van der Waals surface area contributed by atoms with E-state index in [0.29, 0.717) is 19.1 Å². The Hall–Kier alpha value is -2.50. The molecule has 1 aromatic heterocycles. The summed E-state index contributed by atoms with van der Waals surface area (Å²) < 4.78 is 7.98. The van der Waals surface area contributed by atoms with E-state index in [1.165, 1.54) is 11.3 Å². The van der Waals surface area contributed by atoms with E-state index in [9.17, 15) is 0 Å². The number of aryl methyl sites for hydroxylation is 3. The van der Waals surface area contributed by atoms with E-state index >= 15 is 0 Å². The van der Waals surface area contributed by atoms with Crippen molar-refractivity contribution in [2.75, 3.05) is 26.7 Å². The van der Waals surface area contributed by atoms with Crippen molar-refractivity contribution in [3.63, 3.8) is 0 Å². The number of rotatable bonds is 9. The van der Waals surface area contributed by atoms with Gasteiger partial charge in [-0.05, 0) is 43.9 Å². The zero-order valence-corrected chi connectivity index (χ0v) is 17.2. The molecule has 0 amide bonds. The molecule has 148 valence electrons. The van der Waals surface area contributed by atoms with Crippen LogP contribution in [0, 0.1) is 13.8 Å². The fourth-order valence-electron chi connectivity index (χ4n) is 2.98. The van der Waals surface area contributed by atoms with E-state index in [2.05, 4.69) is 59.7 Å². The summed E-state index contributed by atoms with van der Waals surface area (Å²) in [6.07, 6.45) is 0.987. The van der Waals surface area contributed by atoms with Crippen molar-refractivity contribution in [1.82, 2.24) is 20.4 Å². The van der Waals surface area contributed by atoms with Crippen LogP contribution in [-0.4, -0.2) is 42.5 Å². The number of nitrogens with zero attached hydrogens (tertiary/aromatic N) is 3. The number of aromatic nitrogens is 2. The summed E-state index contributed by atoms with van der Waals surface area (Å²) in [6.45, 7) is 11.5. The number of nitrogens with one attached hydrogen (secondary N) is 2. The molecule has 2 aromatic rings. The number of hydrogen-bond acceptors (Lipinski definition) is 3. The number of hydrogen-bond donors (Lipinski definition) is 2. The summed E-state index contributed by atoms with van der Waals surface area (Å²) >= 11 is 0. The summed E-state index contributed by atoms with van der Waals surface area (Å²) in [7, 11) is 1.78. The van der Waals surface area contributed by atoms with Gasteiger partial charge in [0.15, 0.2) is 5.96 Å². The van der Waals surface area contributed by atoms with Crippen molar-refractivity contribution in [2.45, 2.75) is 46.6 Å². The maximum atomic E-state index is 5.94. The van der Waals surface area contributed by atoms with Crippen molar-refractivity contribution < 1.29 is 4.74 Å². The number of benzene rings is 1. The molecule has 2 rings (SSSR count). The van der Waals surface area contributed by atoms with Gasteiger partial charge in [0.25, 0.3) is 0 Å². The van der Waals surface area contributed by atoms with Crippen molar-refractivity contribution in [1.29, 1.82) is 0 Å². The average molecular weight is 372 g/mol. The molecule has 0 aliphatic heterocycles. The van der Waals surface area contributed by atoms with Crippen molar-refractivity contribution in [3.05, 3.63) is 47.3 Å². The number of aliphatic imine (C=N–C) groups is 1. The summed E-state index contributed by atoms with van der Waals surface area (Å²) in [6, 6.07) is 10.3. The van der Waals surface area contributed by atoms with Crippen molar-refractivity contribution in [3.8, 4) is 5.75 Å². The predicted molar refractivity (Wildman–Crippen MR) is 112 cm³/mol. The summed E-state index contributed by atoms with van der Waals surface area (Å²) in [4.78, 5) is 4.26. The van der Waals surface area contributed by atoms with Gasteiger partial charge in [-0.2, -0.15) is 5.10 Å². The van der Waals surface area contributed by atoms with Gasteiger partial charge in [-0.25, -0.2) is 0 Å². The summed E-state index contributed by atoms with van der Waals surface area (Å²) in [5.74, 6) is 2.21. The molecule has 6 nitrogen and oxygen atoms in total. The van der Waals surface area contributed by atoms with Crippen LogP contribution in [0.5, 0.6) is 5.75 Å². The normalized spacial score (nSPS) is 11.7. The molecular formula is C21H33N5O. The molecule has 0 bridgehead atoms. The molecule has 0 spiro atoms. The van der Waals surface area contributed by atoms with Gasteiger partial charge in [0.1, 0.15) is 12.4 Å². The predicted octanol–water partition coefficient (Wildman–Crippen LogP) is 3.26. The highest BCUT2D eigenvalue weighted by atomic mass is 16.5. The number of guanidine groups is 1. The monoisotopic (exact) mass is 371 g/mol. The zero-order valence-electron chi connectivity index (χ0n) is 17.2. The van der Waals surface area contributed by atoms with Crippen LogP contribution in [0.3, 0.4) is 0 Å². The molecule has 6 heteroatoms. The lowest BCUT2D eigenvalue weighted by Gasteiger charge is -2.15. The maximum absolute atomic E-state index is 5.94. The van der Waals surface area contributed by atoms with Crippen molar-refractivity contribution >= 4 is 5.96 Å². The molecule has 0 saturated heterocycles. The Bertz CT molecular complexity index is 736. The maximum Gasteiger partial charge on any atom is 0.191 e. The Labute approximate surface area is 163 Å². The fourth-order valence-corrected chi connectivity index (χ4v) is 2.98. The molecular weight excluding hydrogens is 338 g/mol. The van der Waals surface area contributed by atoms with Gasteiger partial charge in [0.05, 0.1) is 12.2 Å². The highest BCUT2D eigenvalue weighted by Gasteiger charge is 2.06. The highest BCUT2D eigenvalue weighted by molar-refractivity contribution is 5.79. The fraction of sp³-hybridized carbons (Fsp3) is 0.524. The zero-order chi connectivity index (χ0) is 19.6. The van der Waals surface area contributed by atoms with Gasteiger partial charge >= 0.3 is 0 Å². The van der Waals surface area contributed by atoms with E-state index in [-0.39, 0.29) is 0 Å². The third kappa shape index (κ3) is 6.62. The molecule has 0 atom stereocenters. The van der Waals surface area contributed by atoms with Crippen LogP contribution in [0.1, 0.15) is 43.1 Å². The highest BCUT2D eigenvalue weighted by Crippen LogP contribution is 2.25. The van der Waals surface area contributed by atoms with E-state index in [1.807, 2.05) is 23.7 Å².